The first-order valence-electron chi connectivity index (χ1n) is 12.2. The Bertz CT molecular complexity index is 1230. The van der Waals surface area contributed by atoms with Crippen LogP contribution in [0, 0.1) is 5.92 Å². The van der Waals surface area contributed by atoms with E-state index in [1.807, 2.05) is 30.0 Å². The lowest BCUT2D eigenvalue weighted by Crippen LogP contribution is -2.44. The monoisotopic (exact) mass is 484 g/mol. The summed E-state index contributed by atoms with van der Waals surface area (Å²) in [7, 11) is -1.15. The zero-order valence-corrected chi connectivity index (χ0v) is 21.9. The minimum absolute atomic E-state index is 0.0307. The molecule has 4 heterocycles. The van der Waals surface area contributed by atoms with Crippen LogP contribution in [-0.4, -0.2) is 59.5 Å². The molecule has 0 spiro atoms. The number of ether oxygens (including phenoxy) is 2. The number of carbonyl (C=O) groups is 1. The van der Waals surface area contributed by atoms with E-state index in [1.54, 1.807) is 17.2 Å². The highest BCUT2D eigenvalue weighted by Crippen LogP contribution is 2.32. The molecule has 0 aromatic carbocycles. The molecule has 8 nitrogen and oxygen atoms in total. The molecular weight excluding hydrogens is 448 g/mol. The van der Waals surface area contributed by atoms with Gasteiger partial charge in [-0.25, -0.2) is 9.78 Å². The molecule has 184 valence electrons. The Morgan fingerprint density at radius 3 is 2.74 bits per heavy atom. The molecule has 1 aliphatic heterocycles. The van der Waals surface area contributed by atoms with Crippen molar-refractivity contribution in [3.8, 4) is 0 Å². The van der Waals surface area contributed by atoms with Gasteiger partial charge in [-0.3, -0.25) is 4.79 Å². The van der Waals surface area contributed by atoms with Crippen LogP contribution in [0.15, 0.2) is 35.5 Å². The Morgan fingerprint density at radius 2 is 2.00 bits per heavy atom. The molecule has 0 N–H and O–H groups in total. The van der Waals surface area contributed by atoms with Gasteiger partial charge in [-0.05, 0) is 31.4 Å². The molecule has 0 aliphatic carbocycles. The Morgan fingerprint density at radius 1 is 1.21 bits per heavy atom. The number of carbonyl (C=O) groups excluding carboxylic acids is 1. The van der Waals surface area contributed by atoms with Crippen molar-refractivity contribution >= 4 is 36.1 Å². The fraction of sp³-hybridized carbons (Fsp3) is 0.560. The normalized spacial score (nSPS) is 19.1. The van der Waals surface area contributed by atoms with Gasteiger partial charge in [-0.1, -0.05) is 26.6 Å². The van der Waals surface area contributed by atoms with Crippen molar-refractivity contribution in [3.05, 3.63) is 40.9 Å². The van der Waals surface area contributed by atoms with E-state index in [4.69, 9.17) is 9.47 Å². The second-order valence-corrected chi connectivity index (χ2v) is 16.1. The van der Waals surface area contributed by atoms with E-state index in [0.717, 1.165) is 35.6 Å². The second kappa shape index (κ2) is 9.91. The van der Waals surface area contributed by atoms with Gasteiger partial charge in [-0.2, -0.15) is 0 Å². The SMILES string of the molecule is CCOC(=O)N1CC[C@@H](C)[C@@H](n2ccc(=O)c3cnc4c(ccn4COCC[Si](C)(C)C)c32)C1. The molecule has 0 saturated carbocycles. The van der Waals surface area contributed by atoms with Gasteiger partial charge in [0.25, 0.3) is 0 Å². The largest absolute Gasteiger partial charge is 0.450 e. The van der Waals surface area contributed by atoms with Crippen LogP contribution in [0.2, 0.25) is 25.7 Å². The summed E-state index contributed by atoms with van der Waals surface area (Å²) in [5.41, 5.74) is 1.61. The third-order valence-corrected chi connectivity index (χ3v) is 8.40. The van der Waals surface area contributed by atoms with Gasteiger partial charge in [0.05, 0.1) is 23.6 Å². The Labute approximate surface area is 201 Å². The quantitative estimate of drug-likeness (QED) is 0.359. The molecule has 2 atom stereocenters. The number of likely N-dealkylation sites (tertiary alicyclic amines) is 1. The van der Waals surface area contributed by atoms with Crippen molar-refractivity contribution in [1.82, 2.24) is 19.0 Å². The Kier molecular flexibility index (Phi) is 7.13. The lowest BCUT2D eigenvalue weighted by molar-refractivity contribution is 0.0778. The number of pyridine rings is 2. The highest BCUT2D eigenvalue weighted by atomic mass is 28.3. The van der Waals surface area contributed by atoms with Gasteiger partial charge in [0, 0.05) is 57.8 Å². The molecule has 1 saturated heterocycles. The zero-order chi connectivity index (χ0) is 24.5. The van der Waals surface area contributed by atoms with Crippen molar-refractivity contribution in [2.75, 3.05) is 26.3 Å². The van der Waals surface area contributed by atoms with Crippen LogP contribution in [0.4, 0.5) is 4.79 Å². The molecule has 3 aromatic heterocycles. The summed E-state index contributed by atoms with van der Waals surface area (Å²) in [4.78, 5) is 31.6. The fourth-order valence-corrected chi connectivity index (χ4v) is 5.37. The topological polar surface area (TPSA) is 78.6 Å². The first kappa shape index (κ1) is 24.5. The Balaban J connectivity index is 1.70. The highest BCUT2D eigenvalue weighted by Gasteiger charge is 2.31. The summed E-state index contributed by atoms with van der Waals surface area (Å²) in [6, 6.07) is 4.75. The molecule has 0 unspecified atom stereocenters. The molecule has 34 heavy (non-hydrogen) atoms. The number of aromatic nitrogens is 3. The van der Waals surface area contributed by atoms with Gasteiger partial charge >= 0.3 is 6.09 Å². The summed E-state index contributed by atoms with van der Waals surface area (Å²) >= 11 is 0. The van der Waals surface area contributed by atoms with Crippen LogP contribution in [0.5, 0.6) is 0 Å². The predicted octanol–water partition coefficient (Wildman–Crippen LogP) is 4.70. The number of piperidine rings is 1. The van der Waals surface area contributed by atoms with Crippen molar-refractivity contribution in [2.24, 2.45) is 5.92 Å². The van der Waals surface area contributed by atoms with Crippen LogP contribution < -0.4 is 5.43 Å². The van der Waals surface area contributed by atoms with Gasteiger partial charge in [0.15, 0.2) is 5.43 Å². The summed E-state index contributed by atoms with van der Waals surface area (Å²) < 4.78 is 15.4. The van der Waals surface area contributed by atoms with E-state index in [0.29, 0.717) is 37.7 Å². The van der Waals surface area contributed by atoms with E-state index in [2.05, 4.69) is 36.1 Å². The van der Waals surface area contributed by atoms with Crippen molar-refractivity contribution in [1.29, 1.82) is 0 Å². The van der Waals surface area contributed by atoms with Gasteiger partial charge in [0.2, 0.25) is 0 Å². The minimum atomic E-state index is -1.15. The van der Waals surface area contributed by atoms with Gasteiger partial charge in [0.1, 0.15) is 12.4 Å². The minimum Gasteiger partial charge on any atom is -0.450 e. The molecule has 1 amide bonds. The molecule has 9 heteroatoms. The molecule has 0 radical (unpaired) electrons. The van der Waals surface area contributed by atoms with Crippen LogP contribution in [0.1, 0.15) is 26.3 Å². The predicted molar refractivity (Wildman–Crippen MR) is 137 cm³/mol. The number of rotatable bonds is 7. The number of hydrogen-bond acceptors (Lipinski definition) is 5. The maximum Gasteiger partial charge on any atom is 0.409 e. The van der Waals surface area contributed by atoms with Gasteiger partial charge in [-0.15, -0.1) is 0 Å². The van der Waals surface area contributed by atoms with E-state index in [1.165, 1.54) is 0 Å². The smallest absolute Gasteiger partial charge is 0.409 e. The average Bonchev–Trinajstić information content (AvgIpc) is 3.20. The number of amides is 1. The standard InChI is InChI=1S/C25H36N4O4Si/c1-6-33-25(31)27-10-7-18(2)21(16-27)29-12-9-22(30)20-15-26-24-19(23(20)29)8-11-28(24)17-32-13-14-34(3,4)5/h8-9,11-12,15,18,21H,6-7,10,13-14,16-17H2,1-5H3/t18-,21+/m1/s1. The molecule has 3 aromatic rings. The van der Waals surface area contributed by atoms with E-state index < -0.39 is 8.07 Å². The molecule has 1 aliphatic rings. The maximum absolute atomic E-state index is 12.7. The van der Waals surface area contributed by atoms with Crippen molar-refractivity contribution in [2.45, 2.75) is 58.7 Å². The average molecular weight is 485 g/mol. The lowest BCUT2D eigenvalue weighted by atomic mass is 9.92. The first-order chi connectivity index (χ1) is 16.2. The number of hydrogen-bond donors (Lipinski definition) is 0. The molecule has 0 bridgehead atoms. The fourth-order valence-electron chi connectivity index (χ4n) is 4.61. The highest BCUT2D eigenvalue weighted by molar-refractivity contribution is 6.76. The lowest BCUT2D eigenvalue weighted by Gasteiger charge is -2.38. The molecule has 1 fully saturated rings. The summed E-state index contributed by atoms with van der Waals surface area (Å²) in [6.45, 7) is 13.8. The molecular formula is C25H36N4O4Si. The van der Waals surface area contributed by atoms with E-state index in [-0.39, 0.29) is 17.6 Å². The Hall–Kier alpha value is -2.65. The maximum atomic E-state index is 12.7. The van der Waals surface area contributed by atoms with Gasteiger partial charge < -0.3 is 23.5 Å². The summed E-state index contributed by atoms with van der Waals surface area (Å²) in [5.74, 6) is 0.339. The third kappa shape index (κ3) is 5.05. The number of fused-ring (bicyclic) bond motifs is 3. The van der Waals surface area contributed by atoms with Crippen LogP contribution in [-0.2, 0) is 16.2 Å². The third-order valence-electron chi connectivity index (χ3n) is 6.70. The number of nitrogens with zero attached hydrogens (tertiary/aromatic N) is 4. The van der Waals surface area contributed by atoms with Crippen LogP contribution in [0.3, 0.4) is 0 Å². The summed E-state index contributed by atoms with van der Waals surface area (Å²) in [6.07, 6.45) is 6.10. The zero-order valence-electron chi connectivity index (χ0n) is 20.9. The van der Waals surface area contributed by atoms with Crippen LogP contribution >= 0.6 is 0 Å². The summed E-state index contributed by atoms with van der Waals surface area (Å²) in [5, 5.41) is 1.51. The van der Waals surface area contributed by atoms with E-state index >= 15 is 0 Å². The molecule has 4 rings (SSSR count). The first-order valence-corrected chi connectivity index (χ1v) is 15.9. The second-order valence-electron chi connectivity index (χ2n) is 10.5. The van der Waals surface area contributed by atoms with Crippen molar-refractivity contribution in [3.63, 3.8) is 0 Å². The van der Waals surface area contributed by atoms with E-state index in [9.17, 15) is 9.59 Å². The van der Waals surface area contributed by atoms with Crippen LogP contribution in [0.25, 0.3) is 21.9 Å². The van der Waals surface area contributed by atoms with Crippen molar-refractivity contribution < 1.29 is 14.3 Å².